The fourth-order valence-corrected chi connectivity index (χ4v) is 5.10. The highest BCUT2D eigenvalue weighted by Crippen LogP contribution is 2.42. The molecule has 0 bridgehead atoms. The molecule has 2 aromatic carbocycles. The minimum Gasteiger partial charge on any atom is -0.450 e. The zero-order valence-corrected chi connectivity index (χ0v) is 15.6. The van der Waals surface area contributed by atoms with E-state index >= 15 is 0 Å². The van der Waals surface area contributed by atoms with Gasteiger partial charge in [-0.15, -0.1) is 0 Å². The number of rotatable bonds is 4. The Hall–Kier alpha value is -2.60. The van der Waals surface area contributed by atoms with Crippen LogP contribution in [0.25, 0.3) is 0 Å². The lowest BCUT2D eigenvalue weighted by molar-refractivity contribution is 0.105. The van der Waals surface area contributed by atoms with Gasteiger partial charge < -0.3 is 4.74 Å². The summed E-state index contributed by atoms with van der Waals surface area (Å²) < 4.78 is 31.8. The molecule has 1 aliphatic heterocycles. The zero-order chi connectivity index (χ0) is 18.7. The van der Waals surface area contributed by atoms with E-state index in [0.29, 0.717) is 5.57 Å². The summed E-state index contributed by atoms with van der Waals surface area (Å²) in [5.74, 6) is 0. The average Bonchev–Trinajstić information content (AvgIpc) is 3.01. The van der Waals surface area contributed by atoms with Crippen molar-refractivity contribution in [2.75, 3.05) is 13.2 Å². The normalized spacial score (nSPS) is 17.5. The number of amides is 1. The second-order valence-electron chi connectivity index (χ2n) is 6.10. The summed E-state index contributed by atoms with van der Waals surface area (Å²) >= 11 is 0. The molecule has 0 radical (unpaired) electrons. The zero-order valence-electron chi connectivity index (χ0n) is 14.8. The molecule has 2 aromatic rings. The monoisotopic (exact) mass is 371 g/mol. The highest BCUT2D eigenvalue weighted by atomic mass is 32.2. The van der Waals surface area contributed by atoms with Crippen molar-refractivity contribution in [2.45, 2.75) is 24.8 Å². The maximum atomic E-state index is 13.3. The molecule has 26 heavy (non-hydrogen) atoms. The third-order valence-corrected chi connectivity index (χ3v) is 6.39. The van der Waals surface area contributed by atoms with Crippen molar-refractivity contribution in [3.63, 3.8) is 0 Å². The molecule has 5 nitrogen and oxygen atoms in total. The Bertz CT molecular complexity index is 921. The molecule has 0 aliphatic carbocycles. The Labute approximate surface area is 153 Å². The molecule has 0 aromatic heterocycles. The fraction of sp³-hybridized carbons (Fsp3) is 0.250. The maximum Gasteiger partial charge on any atom is 0.410 e. The molecule has 1 heterocycles. The van der Waals surface area contributed by atoms with Crippen molar-refractivity contribution < 1.29 is 17.9 Å². The number of benzene rings is 2. The van der Waals surface area contributed by atoms with Gasteiger partial charge in [0.15, 0.2) is 0 Å². The van der Waals surface area contributed by atoms with E-state index in [4.69, 9.17) is 4.74 Å². The molecule has 1 amide bonds. The molecule has 0 spiro atoms. The first-order valence-corrected chi connectivity index (χ1v) is 9.93. The summed E-state index contributed by atoms with van der Waals surface area (Å²) in [4.78, 5) is 14.4. The largest absolute Gasteiger partial charge is 0.450 e. The first kappa shape index (κ1) is 18.2. The molecule has 0 saturated carbocycles. The lowest BCUT2D eigenvalue weighted by Crippen LogP contribution is -2.33. The van der Waals surface area contributed by atoms with Crippen molar-refractivity contribution >= 4 is 15.9 Å². The Morgan fingerprint density at radius 1 is 1.08 bits per heavy atom. The van der Waals surface area contributed by atoms with E-state index in [-0.39, 0.29) is 23.0 Å². The summed E-state index contributed by atoms with van der Waals surface area (Å²) in [6.07, 6.45) is -0.515. The van der Waals surface area contributed by atoms with Crippen LogP contribution < -0.4 is 0 Å². The van der Waals surface area contributed by atoms with Crippen molar-refractivity contribution in [3.8, 4) is 0 Å². The van der Waals surface area contributed by atoms with E-state index < -0.39 is 22.0 Å². The van der Waals surface area contributed by atoms with Crippen LogP contribution in [-0.2, 0) is 14.6 Å². The predicted octanol–water partition coefficient (Wildman–Crippen LogP) is 3.95. The van der Waals surface area contributed by atoms with Crippen molar-refractivity contribution in [1.82, 2.24) is 4.90 Å². The molecule has 136 valence electrons. The van der Waals surface area contributed by atoms with Gasteiger partial charge in [-0.3, -0.25) is 4.90 Å². The second-order valence-corrected chi connectivity index (χ2v) is 8.02. The number of carbonyl (C=O) groups excluding carboxylic acids is 1. The summed E-state index contributed by atoms with van der Waals surface area (Å²) in [5, 5.41) is 0. The van der Waals surface area contributed by atoms with Gasteiger partial charge >= 0.3 is 6.09 Å². The van der Waals surface area contributed by atoms with E-state index in [1.807, 2.05) is 30.3 Å². The topological polar surface area (TPSA) is 63.7 Å². The van der Waals surface area contributed by atoms with Gasteiger partial charge in [0.1, 0.15) is 0 Å². The van der Waals surface area contributed by atoms with Crippen LogP contribution in [0.5, 0.6) is 0 Å². The Morgan fingerprint density at radius 3 is 2.23 bits per heavy atom. The van der Waals surface area contributed by atoms with Crippen molar-refractivity contribution in [1.29, 1.82) is 0 Å². The molecule has 0 saturated heterocycles. The fourth-order valence-electron chi connectivity index (χ4n) is 3.25. The van der Waals surface area contributed by atoms with Gasteiger partial charge in [0.2, 0.25) is 9.84 Å². The molecule has 1 atom stereocenters. The van der Waals surface area contributed by atoms with Crippen LogP contribution in [0.1, 0.15) is 25.5 Å². The van der Waals surface area contributed by atoms with Crippen LogP contribution in [0.15, 0.2) is 76.0 Å². The number of carbonyl (C=O) groups is 1. The molecule has 0 N–H and O–H groups in total. The molecule has 0 fully saturated rings. The minimum absolute atomic E-state index is 0.222. The quantitative estimate of drug-likeness (QED) is 0.816. The van der Waals surface area contributed by atoms with Gasteiger partial charge in [0, 0.05) is 6.54 Å². The number of ether oxygens (including phenoxy) is 1. The van der Waals surface area contributed by atoms with Gasteiger partial charge in [-0.25, -0.2) is 13.2 Å². The van der Waals surface area contributed by atoms with Crippen molar-refractivity contribution in [2.24, 2.45) is 0 Å². The number of nitrogens with zero attached hydrogens (tertiary/aromatic N) is 1. The van der Waals surface area contributed by atoms with Crippen LogP contribution in [0.2, 0.25) is 0 Å². The lowest BCUT2D eigenvalue weighted by atomic mass is 10.1. The standard InChI is InChI=1S/C20H21NO4S/c1-3-25-20(22)21-14-15(2)19(18(21)16-10-6-4-7-11-16)26(23,24)17-12-8-5-9-13-17/h4-13,18H,3,14H2,1-2H3. The Balaban J connectivity index is 2.13. The predicted molar refractivity (Wildman–Crippen MR) is 99.2 cm³/mol. The third kappa shape index (κ3) is 3.24. The van der Waals surface area contributed by atoms with E-state index in [2.05, 4.69) is 0 Å². The molecule has 1 unspecified atom stereocenters. The molecule has 1 aliphatic rings. The van der Waals surface area contributed by atoms with Crippen LogP contribution in [0.4, 0.5) is 4.79 Å². The highest BCUT2D eigenvalue weighted by molar-refractivity contribution is 7.95. The number of hydrogen-bond acceptors (Lipinski definition) is 4. The van der Waals surface area contributed by atoms with E-state index in [1.165, 1.54) is 4.90 Å². The van der Waals surface area contributed by atoms with Gasteiger partial charge in [-0.1, -0.05) is 48.5 Å². The van der Waals surface area contributed by atoms with E-state index in [0.717, 1.165) is 5.56 Å². The van der Waals surface area contributed by atoms with Gasteiger partial charge in [-0.05, 0) is 37.1 Å². The first-order valence-electron chi connectivity index (χ1n) is 8.45. The first-order chi connectivity index (χ1) is 12.5. The SMILES string of the molecule is CCOC(=O)N1CC(C)=C(S(=O)(=O)c2ccccc2)C1c1ccccc1. The van der Waals surface area contributed by atoms with Crippen LogP contribution >= 0.6 is 0 Å². The summed E-state index contributed by atoms with van der Waals surface area (Å²) in [6.45, 7) is 3.94. The summed E-state index contributed by atoms with van der Waals surface area (Å²) in [7, 11) is -3.74. The molecule has 6 heteroatoms. The maximum absolute atomic E-state index is 13.3. The van der Waals surface area contributed by atoms with Crippen molar-refractivity contribution in [3.05, 3.63) is 76.7 Å². The number of hydrogen-bond donors (Lipinski definition) is 0. The number of sulfone groups is 1. The third-order valence-electron chi connectivity index (χ3n) is 4.35. The summed E-state index contributed by atoms with van der Waals surface area (Å²) in [5.41, 5.74) is 1.39. The van der Waals surface area contributed by atoms with Crippen LogP contribution in [0, 0.1) is 0 Å². The second kappa shape index (κ2) is 7.33. The average molecular weight is 371 g/mol. The van der Waals surface area contributed by atoms with Crippen LogP contribution in [0.3, 0.4) is 0 Å². The van der Waals surface area contributed by atoms with E-state index in [9.17, 15) is 13.2 Å². The Morgan fingerprint density at radius 2 is 1.65 bits per heavy atom. The smallest absolute Gasteiger partial charge is 0.410 e. The molecular formula is C20H21NO4S. The van der Waals surface area contributed by atoms with Gasteiger partial charge in [-0.2, -0.15) is 0 Å². The highest BCUT2D eigenvalue weighted by Gasteiger charge is 2.42. The van der Waals surface area contributed by atoms with Gasteiger partial charge in [0.25, 0.3) is 0 Å². The molecular weight excluding hydrogens is 350 g/mol. The molecule has 3 rings (SSSR count). The van der Waals surface area contributed by atoms with Crippen LogP contribution in [-0.4, -0.2) is 32.6 Å². The van der Waals surface area contributed by atoms with E-state index in [1.54, 1.807) is 44.2 Å². The lowest BCUT2D eigenvalue weighted by Gasteiger charge is -2.26. The summed E-state index contributed by atoms with van der Waals surface area (Å²) in [6, 6.07) is 16.8. The Kier molecular flexibility index (Phi) is 5.13. The minimum atomic E-state index is -3.74. The van der Waals surface area contributed by atoms with Gasteiger partial charge in [0.05, 0.1) is 22.4 Å².